The molecule has 1 unspecified atom stereocenters. The van der Waals surface area contributed by atoms with Crippen molar-refractivity contribution in [3.05, 3.63) is 107 Å². The summed E-state index contributed by atoms with van der Waals surface area (Å²) in [6.45, 7) is 6.05. The highest BCUT2D eigenvalue weighted by atomic mass is 16.5. The molecular formula is C27H25N3O2. The lowest BCUT2D eigenvalue weighted by Gasteiger charge is -2.15. The number of nitrogens with zero attached hydrogens (tertiary/aromatic N) is 2. The van der Waals surface area contributed by atoms with Crippen LogP contribution >= 0.6 is 0 Å². The molecule has 1 N–H and O–H groups in total. The van der Waals surface area contributed by atoms with Crippen molar-refractivity contribution in [2.24, 2.45) is 0 Å². The molecule has 0 aliphatic heterocycles. The van der Waals surface area contributed by atoms with Gasteiger partial charge in [-0.2, -0.15) is 4.98 Å². The second-order valence-electron chi connectivity index (χ2n) is 7.82. The van der Waals surface area contributed by atoms with Gasteiger partial charge in [0.1, 0.15) is 5.75 Å². The van der Waals surface area contributed by atoms with Gasteiger partial charge < -0.3 is 10.1 Å². The van der Waals surface area contributed by atoms with E-state index in [0.717, 1.165) is 11.1 Å². The zero-order valence-corrected chi connectivity index (χ0v) is 18.4. The molecule has 1 heterocycles. The molecule has 1 aromatic heterocycles. The monoisotopic (exact) mass is 423 g/mol. The predicted molar refractivity (Wildman–Crippen MR) is 126 cm³/mol. The molecule has 0 spiro atoms. The van der Waals surface area contributed by atoms with E-state index in [1.54, 1.807) is 36.5 Å². The normalized spacial score (nSPS) is 11.6. The minimum Gasteiger partial charge on any atom is -0.439 e. The van der Waals surface area contributed by atoms with Crippen molar-refractivity contribution in [1.29, 1.82) is 0 Å². The molecule has 1 amide bonds. The standard InChI is InChI=1S/C27H25N3O2/c1-18-7-11-21(12-8-18)20(3)29-27(31)23-5-4-6-24(17-23)32-25-15-16-28-26(30-25)22-13-9-19(2)10-14-22/h4-17,20H,1-3H3,(H,29,31). The molecule has 3 aromatic carbocycles. The van der Waals surface area contributed by atoms with E-state index in [1.165, 1.54) is 11.1 Å². The van der Waals surface area contributed by atoms with Gasteiger partial charge in [-0.25, -0.2) is 4.98 Å². The first-order valence-corrected chi connectivity index (χ1v) is 10.5. The third-order valence-electron chi connectivity index (χ3n) is 5.18. The fourth-order valence-electron chi connectivity index (χ4n) is 3.28. The minimum absolute atomic E-state index is 0.105. The number of benzene rings is 3. The lowest BCUT2D eigenvalue weighted by Crippen LogP contribution is -2.26. The maximum absolute atomic E-state index is 12.8. The van der Waals surface area contributed by atoms with Crippen LogP contribution in [0.4, 0.5) is 0 Å². The predicted octanol–water partition coefficient (Wildman–Crippen LogP) is 6.04. The second-order valence-corrected chi connectivity index (χ2v) is 7.82. The summed E-state index contributed by atoms with van der Waals surface area (Å²) in [5, 5.41) is 3.04. The van der Waals surface area contributed by atoms with Gasteiger partial charge in [0.25, 0.3) is 5.91 Å². The van der Waals surface area contributed by atoms with Crippen molar-refractivity contribution >= 4 is 5.91 Å². The van der Waals surface area contributed by atoms with E-state index >= 15 is 0 Å². The Balaban J connectivity index is 1.47. The van der Waals surface area contributed by atoms with Crippen molar-refractivity contribution in [2.75, 3.05) is 0 Å². The minimum atomic E-state index is -0.161. The van der Waals surface area contributed by atoms with Gasteiger partial charge in [0.05, 0.1) is 6.04 Å². The summed E-state index contributed by atoms with van der Waals surface area (Å²) in [6, 6.07) is 24.8. The summed E-state index contributed by atoms with van der Waals surface area (Å²) in [5.74, 6) is 1.38. The number of hydrogen-bond acceptors (Lipinski definition) is 4. The molecule has 0 bridgehead atoms. The van der Waals surface area contributed by atoms with E-state index < -0.39 is 0 Å². The highest BCUT2D eigenvalue weighted by Crippen LogP contribution is 2.24. The fourth-order valence-corrected chi connectivity index (χ4v) is 3.28. The average molecular weight is 424 g/mol. The Morgan fingerprint density at radius 2 is 1.59 bits per heavy atom. The molecule has 0 saturated heterocycles. The summed E-state index contributed by atoms with van der Waals surface area (Å²) in [5.41, 5.74) is 4.86. The number of carbonyl (C=O) groups excluding carboxylic acids is 1. The van der Waals surface area contributed by atoms with Gasteiger partial charge in [0, 0.05) is 23.4 Å². The molecule has 0 fully saturated rings. The highest BCUT2D eigenvalue weighted by Gasteiger charge is 2.13. The van der Waals surface area contributed by atoms with Crippen molar-refractivity contribution < 1.29 is 9.53 Å². The zero-order chi connectivity index (χ0) is 22.5. The summed E-state index contributed by atoms with van der Waals surface area (Å²) in [4.78, 5) is 21.6. The average Bonchev–Trinajstić information content (AvgIpc) is 2.80. The molecule has 4 rings (SSSR count). The van der Waals surface area contributed by atoms with Gasteiger partial charge in [0.2, 0.25) is 5.88 Å². The zero-order valence-electron chi connectivity index (χ0n) is 18.4. The van der Waals surface area contributed by atoms with Crippen LogP contribution in [0.15, 0.2) is 85.1 Å². The van der Waals surface area contributed by atoms with Crippen LogP contribution in [0.2, 0.25) is 0 Å². The number of carbonyl (C=O) groups is 1. The summed E-state index contributed by atoms with van der Waals surface area (Å²) in [7, 11) is 0. The topological polar surface area (TPSA) is 64.1 Å². The van der Waals surface area contributed by atoms with Gasteiger partial charge in [0.15, 0.2) is 5.82 Å². The van der Waals surface area contributed by atoms with Crippen LogP contribution in [0, 0.1) is 13.8 Å². The van der Waals surface area contributed by atoms with Crippen LogP contribution in [-0.2, 0) is 0 Å². The largest absolute Gasteiger partial charge is 0.439 e. The van der Waals surface area contributed by atoms with Crippen LogP contribution in [0.5, 0.6) is 11.6 Å². The molecular weight excluding hydrogens is 398 g/mol. The van der Waals surface area contributed by atoms with Crippen molar-refractivity contribution in [2.45, 2.75) is 26.8 Å². The first-order chi connectivity index (χ1) is 15.5. The summed E-state index contributed by atoms with van der Waals surface area (Å²) in [6.07, 6.45) is 1.66. The van der Waals surface area contributed by atoms with E-state index in [4.69, 9.17) is 4.74 Å². The molecule has 5 heteroatoms. The fraction of sp³-hybridized carbons (Fsp3) is 0.148. The molecule has 0 saturated carbocycles. The molecule has 160 valence electrons. The number of amides is 1. The van der Waals surface area contributed by atoms with Crippen LogP contribution in [-0.4, -0.2) is 15.9 Å². The van der Waals surface area contributed by atoms with Crippen LogP contribution in [0.3, 0.4) is 0 Å². The molecule has 4 aromatic rings. The summed E-state index contributed by atoms with van der Waals surface area (Å²) >= 11 is 0. The Labute approximate surface area is 188 Å². The lowest BCUT2D eigenvalue weighted by molar-refractivity contribution is 0.0939. The van der Waals surface area contributed by atoms with Crippen molar-refractivity contribution in [1.82, 2.24) is 15.3 Å². The number of nitrogens with one attached hydrogen (secondary N) is 1. The van der Waals surface area contributed by atoms with Gasteiger partial charge in [-0.1, -0.05) is 65.7 Å². The van der Waals surface area contributed by atoms with E-state index in [0.29, 0.717) is 23.0 Å². The Morgan fingerprint density at radius 3 is 2.31 bits per heavy atom. The number of aromatic nitrogens is 2. The van der Waals surface area contributed by atoms with Gasteiger partial charge >= 0.3 is 0 Å². The Morgan fingerprint density at radius 1 is 0.906 bits per heavy atom. The summed E-state index contributed by atoms with van der Waals surface area (Å²) < 4.78 is 5.93. The number of hydrogen-bond donors (Lipinski definition) is 1. The van der Waals surface area contributed by atoms with Crippen LogP contribution < -0.4 is 10.1 Å². The number of ether oxygens (including phenoxy) is 1. The third kappa shape index (κ3) is 5.19. The van der Waals surface area contributed by atoms with E-state index in [2.05, 4.69) is 15.3 Å². The Bertz CT molecular complexity index is 1220. The lowest BCUT2D eigenvalue weighted by atomic mass is 10.1. The molecule has 5 nitrogen and oxygen atoms in total. The van der Waals surface area contributed by atoms with E-state index in [9.17, 15) is 4.79 Å². The molecule has 0 radical (unpaired) electrons. The smallest absolute Gasteiger partial charge is 0.251 e. The molecule has 0 aliphatic carbocycles. The first-order valence-electron chi connectivity index (χ1n) is 10.5. The number of aryl methyl sites for hydroxylation is 2. The number of rotatable bonds is 6. The van der Waals surface area contributed by atoms with E-state index in [-0.39, 0.29) is 11.9 Å². The maximum Gasteiger partial charge on any atom is 0.251 e. The van der Waals surface area contributed by atoms with Gasteiger partial charge in [-0.15, -0.1) is 0 Å². The first kappa shape index (κ1) is 21.2. The highest BCUT2D eigenvalue weighted by molar-refractivity contribution is 5.94. The van der Waals surface area contributed by atoms with Crippen LogP contribution in [0.1, 0.15) is 40.0 Å². The quantitative estimate of drug-likeness (QED) is 0.410. The SMILES string of the molecule is Cc1ccc(-c2nccc(Oc3cccc(C(=O)NC(C)c4ccc(C)cc4)c3)n2)cc1. The second kappa shape index (κ2) is 9.43. The molecule has 0 aliphatic rings. The Kier molecular flexibility index (Phi) is 6.26. The van der Waals surface area contributed by atoms with Gasteiger partial charge in [-0.3, -0.25) is 4.79 Å². The molecule has 32 heavy (non-hydrogen) atoms. The van der Waals surface area contributed by atoms with Gasteiger partial charge in [-0.05, 0) is 44.5 Å². The maximum atomic E-state index is 12.8. The van der Waals surface area contributed by atoms with Crippen LogP contribution in [0.25, 0.3) is 11.4 Å². The van der Waals surface area contributed by atoms with Crippen molar-refractivity contribution in [3.8, 4) is 23.0 Å². The molecule has 1 atom stereocenters. The van der Waals surface area contributed by atoms with Crippen molar-refractivity contribution in [3.63, 3.8) is 0 Å². The van der Waals surface area contributed by atoms with E-state index in [1.807, 2.05) is 69.3 Å². The Hall–Kier alpha value is -3.99. The third-order valence-corrected chi connectivity index (χ3v) is 5.18.